The third kappa shape index (κ3) is 9.39. The number of carbonyl (C=O) groups is 5. The van der Waals surface area contributed by atoms with Crippen LogP contribution in [0.2, 0.25) is 0 Å². The van der Waals surface area contributed by atoms with Crippen molar-refractivity contribution >= 4 is 42.3 Å². The molecule has 0 bridgehead atoms. The van der Waals surface area contributed by atoms with E-state index in [1.54, 1.807) is 6.92 Å². The summed E-state index contributed by atoms with van der Waals surface area (Å²) in [6.45, 7) is 3.61. The fraction of sp³-hybridized carbons (Fsp3) is 0.600. The fourth-order valence-electron chi connectivity index (χ4n) is 2.87. The molecule has 0 saturated heterocycles. The van der Waals surface area contributed by atoms with Crippen LogP contribution in [0.3, 0.4) is 0 Å². The van der Waals surface area contributed by atoms with Crippen LogP contribution in [0.5, 0.6) is 0 Å². The first-order valence-corrected chi connectivity index (χ1v) is 11.3. The molecule has 0 aliphatic heterocycles. The van der Waals surface area contributed by atoms with Crippen LogP contribution in [0.15, 0.2) is 12.5 Å². The Kier molecular flexibility index (Phi) is 12.1. The zero-order chi connectivity index (χ0) is 25.8. The monoisotopic (exact) mass is 500 g/mol. The van der Waals surface area contributed by atoms with E-state index in [4.69, 9.17) is 10.8 Å². The molecule has 190 valence electrons. The minimum Gasteiger partial charge on any atom is -0.481 e. The fourth-order valence-corrected chi connectivity index (χ4v) is 3.13. The number of nitrogens with one attached hydrogen (secondary N) is 4. The maximum atomic E-state index is 12.8. The van der Waals surface area contributed by atoms with Crippen molar-refractivity contribution in [2.24, 2.45) is 11.7 Å². The number of aliphatic carboxylic acids is 2. The molecule has 3 amide bonds. The highest BCUT2D eigenvalue weighted by atomic mass is 32.1. The summed E-state index contributed by atoms with van der Waals surface area (Å²) in [7, 11) is 0. The van der Waals surface area contributed by atoms with Gasteiger partial charge in [0, 0.05) is 30.5 Å². The predicted octanol–water partition coefficient (Wildman–Crippen LogP) is -1.34. The summed E-state index contributed by atoms with van der Waals surface area (Å²) in [6, 6.07) is -4.72. The largest absolute Gasteiger partial charge is 0.481 e. The quantitative estimate of drug-likeness (QED) is 0.133. The number of imidazole rings is 1. The molecule has 0 fully saturated rings. The number of rotatable bonds is 15. The van der Waals surface area contributed by atoms with E-state index >= 15 is 0 Å². The van der Waals surface area contributed by atoms with Crippen molar-refractivity contribution in [1.29, 1.82) is 0 Å². The Labute approximate surface area is 202 Å². The van der Waals surface area contributed by atoms with Crippen LogP contribution in [0, 0.1) is 5.92 Å². The molecule has 0 aliphatic rings. The van der Waals surface area contributed by atoms with Crippen molar-refractivity contribution in [3.05, 3.63) is 18.2 Å². The second-order valence-corrected chi connectivity index (χ2v) is 8.19. The lowest BCUT2D eigenvalue weighted by atomic mass is 9.98. The average Bonchev–Trinajstić information content (AvgIpc) is 3.31. The first-order chi connectivity index (χ1) is 16.0. The summed E-state index contributed by atoms with van der Waals surface area (Å²) < 4.78 is 0. The number of nitrogens with zero attached hydrogens (tertiary/aromatic N) is 1. The zero-order valence-electron chi connectivity index (χ0n) is 19.0. The van der Waals surface area contributed by atoms with E-state index in [1.165, 1.54) is 12.5 Å². The van der Waals surface area contributed by atoms with E-state index in [2.05, 4.69) is 38.5 Å². The lowest BCUT2D eigenvalue weighted by Crippen LogP contribution is -2.58. The normalized spacial score (nSPS) is 15.3. The lowest BCUT2D eigenvalue weighted by Gasteiger charge is -2.25. The third-order valence-corrected chi connectivity index (χ3v) is 5.61. The highest BCUT2D eigenvalue weighted by molar-refractivity contribution is 7.80. The minimum atomic E-state index is -1.30. The maximum Gasteiger partial charge on any atom is 0.326 e. The number of aromatic nitrogens is 2. The van der Waals surface area contributed by atoms with E-state index in [0.717, 1.165) is 0 Å². The molecule has 1 aromatic rings. The molecule has 14 heteroatoms. The van der Waals surface area contributed by atoms with Gasteiger partial charge in [-0.05, 0) is 12.3 Å². The standard InChI is InChI=1S/C20H32N6O7S/c1-3-10(2)16(21)19(31)24-12(4-5-15(27)28)17(29)26-14(8-34)18(30)25-13(20(32)33)6-11-7-22-9-23-11/h7,9-10,12-14,16,34H,3-6,8,21H2,1-2H3,(H,22,23)(H,24,31)(H,25,30)(H,26,29)(H,27,28)(H,32,33). The summed E-state index contributed by atoms with van der Waals surface area (Å²) in [6.07, 6.45) is 2.68. The highest BCUT2D eigenvalue weighted by Gasteiger charge is 2.31. The molecule has 34 heavy (non-hydrogen) atoms. The van der Waals surface area contributed by atoms with Crippen molar-refractivity contribution < 1.29 is 34.2 Å². The van der Waals surface area contributed by atoms with E-state index in [0.29, 0.717) is 12.1 Å². The Balaban J connectivity index is 2.88. The van der Waals surface area contributed by atoms with E-state index < -0.39 is 60.2 Å². The summed E-state index contributed by atoms with van der Waals surface area (Å²) in [5, 5.41) is 25.6. The summed E-state index contributed by atoms with van der Waals surface area (Å²) >= 11 is 4.05. The number of carboxylic acid groups (broad SMARTS) is 2. The number of nitrogens with two attached hydrogens (primary N) is 1. The molecule has 0 aliphatic carbocycles. The Morgan fingerprint density at radius 1 is 1.06 bits per heavy atom. The van der Waals surface area contributed by atoms with E-state index in [-0.39, 0.29) is 24.5 Å². The number of hydrogen-bond donors (Lipinski definition) is 8. The molecule has 13 nitrogen and oxygen atoms in total. The Hall–Kier alpha value is -3.13. The van der Waals surface area contributed by atoms with Crippen molar-refractivity contribution in [3.63, 3.8) is 0 Å². The maximum absolute atomic E-state index is 12.8. The Morgan fingerprint density at radius 3 is 2.15 bits per heavy atom. The number of hydrogen-bond acceptors (Lipinski definition) is 8. The van der Waals surface area contributed by atoms with Crippen molar-refractivity contribution in [2.45, 2.75) is 63.7 Å². The second-order valence-electron chi connectivity index (χ2n) is 7.83. The summed E-state index contributed by atoms with van der Waals surface area (Å²) in [4.78, 5) is 66.9. The van der Waals surface area contributed by atoms with Gasteiger partial charge in [0.2, 0.25) is 17.7 Å². The highest BCUT2D eigenvalue weighted by Crippen LogP contribution is 2.07. The topological polar surface area (TPSA) is 217 Å². The minimum absolute atomic E-state index is 0.0703. The average molecular weight is 501 g/mol. The molecular formula is C20H32N6O7S. The van der Waals surface area contributed by atoms with Gasteiger partial charge < -0.3 is 36.9 Å². The lowest BCUT2D eigenvalue weighted by molar-refractivity contribution is -0.142. The molecular weight excluding hydrogens is 468 g/mol. The van der Waals surface area contributed by atoms with Crippen LogP contribution in [0.4, 0.5) is 0 Å². The summed E-state index contributed by atoms with van der Waals surface area (Å²) in [5.41, 5.74) is 6.37. The SMILES string of the molecule is CCC(C)C(N)C(=O)NC(CCC(=O)O)C(=O)NC(CS)C(=O)NC(Cc1cnc[nH]1)C(=O)O. The van der Waals surface area contributed by atoms with Gasteiger partial charge >= 0.3 is 11.9 Å². The number of aromatic amines is 1. The van der Waals surface area contributed by atoms with Gasteiger partial charge in [0.1, 0.15) is 18.1 Å². The molecule has 0 radical (unpaired) electrons. The van der Waals surface area contributed by atoms with Crippen LogP contribution in [0.1, 0.15) is 38.8 Å². The van der Waals surface area contributed by atoms with Crippen molar-refractivity contribution in [3.8, 4) is 0 Å². The molecule has 1 heterocycles. The zero-order valence-corrected chi connectivity index (χ0v) is 19.9. The smallest absolute Gasteiger partial charge is 0.326 e. The van der Waals surface area contributed by atoms with Gasteiger partial charge in [0.05, 0.1) is 12.4 Å². The summed E-state index contributed by atoms with van der Waals surface area (Å²) in [5.74, 6) is -5.09. The van der Waals surface area contributed by atoms with Crippen molar-refractivity contribution in [1.82, 2.24) is 25.9 Å². The molecule has 1 aromatic heterocycles. The molecule has 0 saturated carbocycles. The molecule has 0 aromatic carbocycles. The van der Waals surface area contributed by atoms with E-state index in [9.17, 15) is 29.1 Å². The van der Waals surface area contributed by atoms with Crippen LogP contribution >= 0.6 is 12.6 Å². The number of H-pyrrole nitrogens is 1. The number of carbonyl (C=O) groups excluding carboxylic acids is 3. The van der Waals surface area contributed by atoms with Crippen molar-refractivity contribution in [2.75, 3.05) is 5.75 Å². The van der Waals surface area contributed by atoms with Gasteiger partial charge in [-0.1, -0.05) is 20.3 Å². The van der Waals surface area contributed by atoms with Gasteiger partial charge in [0.15, 0.2) is 0 Å². The first kappa shape index (κ1) is 28.9. The molecule has 8 N–H and O–H groups in total. The van der Waals surface area contributed by atoms with Gasteiger partial charge in [-0.3, -0.25) is 19.2 Å². The van der Waals surface area contributed by atoms with Crippen LogP contribution in [0.25, 0.3) is 0 Å². The van der Waals surface area contributed by atoms with Gasteiger partial charge in [0.25, 0.3) is 0 Å². The van der Waals surface area contributed by atoms with Crippen LogP contribution in [-0.4, -0.2) is 79.8 Å². The molecule has 1 rings (SSSR count). The van der Waals surface area contributed by atoms with Gasteiger partial charge in [-0.15, -0.1) is 0 Å². The first-order valence-electron chi connectivity index (χ1n) is 10.7. The van der Waals surface area contributed by atoms with E-state index in [1.807, 2.05) is 6.92 Å². The number of carboxylic acids is 2. The predicted molar refractivity (Wildman–Crippen MR) is 124 cm³/mol. The molecule has 5 atom stereocenters. The second kappa shape index (κ2) is 14.2. The molecule has 5 unspecified atom stereocenters. The van der Waals surface area contributed by atoms with Gasteiger partial charge in [-0.2, -0.15) is 12.6 Å². The van der Waals surface area contributed by atoms with Crippen LogP contribution < -0.4 is 21.7 Å². The van der Waals surface area contributed by atoms with Gasteiger partial charge in [-0.25, -0.2) is 9.78 Å². The Bertz CT molecular complexity index is 850. The Morgan fingerprint density at radius 2 is 1.65 bits per heavy atom. The number of amides is 3. The third-order valence-electron chi connectivity index (χ3n) is 5.25. The molecule has 0 spiro atoms. The number of thiol groups is 1. The van der Waals surface area contributed by atoms with Crippen LogP contribution in [-0.2, 0) is 30.4 Å².